The zero-order valence-electron chi connectivity index (χ0n) is 10.1. The van der Waals surface area contributed by atoms with E-state index in [0.717, 1.165) is 12.8 Å². The number of benzene rings is 2. The molecule has 1 aliphatic carbocycles. The van der Waals surface area contributed by atoms with Crippen LogP contribution < -0.4 is 5.32 Å². The summed E-state index contributed by atoms with van der Waals surface area (Å²) in [7, 11) is 0. The van der Waals surface area contributed by atoms with Gasteiger partial charge in [-0.05, 0) is 36.1 Å². The molecule has 0 fully saturated rings. The molecule has 1 aliphatic rings. The van der Waals surface area contributed by atoms with E-state index >= 15 is 0 Å². The van der Waals surface area contributed by atoms with Gasteiger partial charge in [-0.25, -0.2) is 4.39 Å². The molecular weight excluding hydrogens is 284 g/mol. The maximum atomic E-state index is 13.1. The molecule has 0 bridgehead atoms. The number of anilines is 1. The summed E-state index contributed by atoms with van der Waals surface area (Å²) in [6.45, 7) is 0. The van der Waals surface area contributed by atoms with E-state index in [4.69, 9.17) is 23.2 Å². The molecule has 0 spiro atoms. The molecule has 2 aromatic rings. The first-order valence-electron chi connectivity index (χ1n) is 6.11. The predicted octanol–water partition coefficient (Wildman–Crippen LogP) is 4.71. The highest BCUT2D eigenvalue weighted by molar-refractivity contribution is 6.39. The first-order valence-corrected chi connectivity index (χ1v) is 6.87. The lowest BCUT2D eigenvalue weighted by atomic mass is 10.1. The second-order valence-corrected chi connectivity index (χ2v) is 5.58. The monoisotopic (exact) mass is 295 g/mol. The third-order valence-corrected chi connectivity index (χ3v) is 4.00. The smallest absolute Gasteiger partial charge is 0.126 e. The molecule has 98 valence electrons. The van der Waals surface area contributed by atoms with E-state index in [1.165, 1.54) is 23.3 Å². The van der Waals surface area contributed by atoms with E-state index in [1.807, 2.05) is 12.1 Å². The molecule has 0 amide bonds. The number of hydrogen-bond acceptors (Lipinski definition) is 1. The van der Waals surface area contributed by atoms with Gasteiger partial charge in [0.25, 0.3) is 0 Å². The number of halogens is 3. The highest BCUT2D eigenvalue weighted by Crippen LogP contribution is 2.34. The molecular formula is C15H12Cl2FN. The molecule has 0 radical (unpaired) electrons. The fraction of sp³-hybridized carbons (Fsp3) is 0.200. The summed E-state index contributed by atoms with van der Waals surface area (Å²) in [4.78, 5) is 0. The van der Waals surface area contributed by atoms with Gasteiger partial charge < -0.3 is 5.32 Å². The van der Waals surface area contributed by atoms with E-state index in [9.17, 15) is 4.39 Å². The quantitative estimate of drug-likeness (QED) is 0.846. The molecule has 2 aromatic carbocycles. The summed E-state index contributed by atoms with van der Waals surface area (Å²) in [5.74, 6) is -0.421. The van der Waals surface area contributed by atoms with Crippen molar-refractivity contribution in [3.8, 4) is 0 Å². The largest absolute Gasteiger partial charge is 0.379 e. The lowest BCUT2D eigenvalue weighted by Gasteiger charge is -2.16. The summed E-state index contributed by atoms with van der Waals surface area (Å²) >= 11 is 12.1. The molecule has 1 nitrogen and oxygen atoms in total. The van der Waals surface area contributed by atoms with E-state index < -0.39 is 5.82 Å². The van der Waals surface area contributed by atoms with Crippen molar-refractivity contribution in [2.24, 2.45) is 0 Å². The van der Waals surface area contributed by atoms with Gasteiger partial charge in [-0.15, -0.1) is 0 Å². The van der Waals surface area contributed by atoms with Crippen LogP contribution in [0.5, 0.6) is 0 Å². The van der Waals surface area contributed by atoms with Crippen LogP contribution in [0.3, 0.4) is 0 Å². The lowest BCUT2D eigenvalue weighted by Crippen LogP contribution is -2.20. The Hall–Kier alpha value is -1.25. The molecule has 0 saturated carbocycles. The van der Waals surface area contributed by atoms with Gasteiger partial charge in [0, 0.05) is 6.04 Å². The summed E-state index contributed by atoms with van der Waals surface area (Å²) in [5.41, 5.74) is 3.30. The van der Waals surface area contributed by atoms with Crippen molar-refractivity contribution in [2.75, 3.05) is 5.32 Å². The van der Waals surface area contributed by atoms with Crippen LogP contribution >= 0.6 is 23.2 Å². The number of fused-ring (bicyclic) bond motifs is 1. The molecule has 19 heavy (non-hydrogen) atoms. The third kappa shape index (κ3) is 2.56. The van der Waals surface area contributed by atoms with Crippen molar-refractivity contribution >= 4 is 28.9 Å². The Morgan fingerprint density at radius 3 is 2.05 bits per heavy atom. The molecule has 0 saturated heterocycles. The molecule has 0 heterocycles. The van der Waals surface area contributed by atoms with Gasteiger partial charge >= 0.3 is 0 Å². The molecule has 0 aliphatic heterocycles. The zero-order chi connectivity index (χ0) is 13.4. The Bertz CT molecular complexity index is 579. The van der Waals surface area contributed by atoms with Gasteiger partial charge in [0.05, 0.1) is 15.7 Å². The first-order chi connectivity index (χ1) is 9.13. The van der Waals surface area contributed by atoms with Gasteiger partial charge in [-0.1, -0.05) is 47.5 Å². The van der Waals surface area contributed by atoms with E-state index in [1.54, 1.807) is 0 Å². The van der Waals surface area contributed by atoms with Crippen molar-refractivity contribution in [1.29, 1.82) is 0 Å². The fourth-order valence-corrected chi connectivity index (χ4v) is 3.11. The highest BCUT2D eigenvalue weighted by atomic mass is 35.5. The number of hydrogen-bond donors (Lipinski definition) is 1. The van der Waals surface area contributed by atoms with Crippen LogP contribution in [0.4, 0.5) is 10.1 Å². The van der Waals surface area contributed by atoms with Crippen molar-refractivity contribution in [3.05, 3.63) is 63.4 Å². The average molecular weight is 296 g/mol. The van der Waals surface area contributed by atoms with Crippen LogP contribution in [-0.4, -0.2) is 6.04 Å². The van der Waals surface area contributed by atoms with Crippen molar-refractivity contribution in [2.45, 2.75) is 18.9 Å². The van der Waals surface area contributed by atoms with Crippen LogP contribution in [0.15, 0.2) is 36.4 Å². The second-order valence-electron chi connectivity index (χ2n) is 4.76. The van der Waals surface area contributed by atoms with Gasteiger partial charge in [0.2, 0.25) is 0 Å². The van der Waals surface area contributed by atoms with Gasteiger partial charge in [0.15, 0.2) is 0 Å². The first kappa shape index (κ1) is 12.8. The van der Waals surface area contributed by atoms with Gasteiger partial charge in [-0.3, -0.25) is 0 Å². The van der Waals surface area contributed by atoms with Crippen molar-refractivity contribution < 1.29 is 4.39 Å². The van der Waals surface area contributed by atoms with E-state index in [0.29, 0.717) is 15.7 Å². The minimum Gasteiger partial charge on any atom is -0.379 e. The second kappa shape index (κ2) is 5.03. The average Bonchev–Trinajstić information content (AvgIpc) is 2.76. The maximum Gasteiger partial charge on any atom is 0.126 e. The normalized spacial score (nSPS) is 14.5. The fourth-order valence-electron chi connectivity index (χ4n) is 2.55. The van der Waals surface area contributed by atoms with Gasteiger partial charge in [-0.2, -0.15) is 0 Å². The molecule has 3 rings (SSSR count). The Morgan fingerprint density at radius 2 is 1.53 bits per heavy atom. The lowest BCUT2D eigenvalue weighted by molar-refractivity contribution is 0.628. The highest BCUT2D eigenvalue weighted by Gasteiger charge is 2.22. The van der Waals surface area contributed by atoms with Gasteiger partial charge in [0.1, 0.15) is 5.82 Å². The molecule has 0 aromatic heterocycles. The van der Waals surface area contributed by atoms with Crippen LogP contribution in [0.25, 0.3) is 0 Å². The van der Waals surface area contributed by atoms with Crippen molar-refractivity contribution in [3.63, 3.8) is 0 Å². The predicted molar refractivity (Wildman–Crippen MR) is 77.7 cm³/mol. The van der Waals surface area contributed by atoms with E-state index in [-0.39, 0.29) is 6.04 Å². The molecule has 0 atom stereocenters. The summed E-state index contributed by atoms with van der Waals surface area (Å²) < 4.78 is 13.1. The summed E-state index contributed by atoms with van der Waals surface area (Å²) in [6, 6.07) is 11.1. The summed E-state index contributed by atoms with van der Waals surface area (Å²) in [5, 5.41) is 3.96. The zero-order valence-corrected chi connectivity index (χ0v) is 11.6. The summed E-state index contributed by atoms with van der Waals surface area (Å²) in [6.07, 6.45) is 1.86. The Balaban J connectivity index is 1.82. The molecule has 0 unspecified atom stereocenters. The SMILES string of the molecule is Fc1cc(Cl)c(NC2Cc3ccccc3C2)c(Cl)c1. The Kier molecular flexibility index (Phi) is 3.38. The third-order valence-electron chi connectivity index (χ3n) is 3.41. The van der Waals surface area contributed by atoms with Crippen LogP contribution in [0.1, 0.15) is 11.1 Å². The number of nitrogens with one attached hydrogen (secondary N) is 1. The molecule has 1 N–H and O–H groups in total. The molecule has 4 heteroatoms. The van der Waals surface area contributed by atoms with E-state index in [2.05, 4.69) is 17.4 Å². The topological polar surface area (TPSA) is 12.0 Å². The van der Waals surface area contributed by atoms with Crippen LogP contribution in [0, 0.1) is 5.82 Å². The van der Waals surface area contributed by atoms with Crippen LogP contribution in [0.2, 0.25) is 10.0 Å². The van der Waals surface area contributed by atoms with Crippen LogP contribution in [-0.2, 0) is 12.8 Å². The minimum atomic E-state index is -0.421. The maximum absolute atomic E-state index is 13.1. The standard InChI is InChI=1S/C15H12Cl2FN/c16-13-7-11(18)8-14(17)15(13)19-12-5-9-3-1-2-4-10(9)6-12/h1-4,7-8,12,19H,5-6H2. The Labute approximate surface area is 121 Å². The Morgan fingerprint density at radius 1 is 1.00 bits per heavy atom. The minimum absolute atomic E-state index is 0.248. The van der Waals surface area contributed by atoms with Crippen molar-refractivity contribution in [1.82, 2.24) is 0 Å². The number of rotatable bonds is 2.